The number of nitrogens with one attached hydrogen (secondary N) is 1. The fraction of sp³-hybridized carbons (Fsp3) is 0.733. The third kappa shape index (κ3) is 4.97. The van der Waals surface area contributed by atoms with Gasteiger partial charge in [0.25, 0.3) is 0 Å². The van der Waals surface area contributed by atoms with Gasteiger partial charge in [-0.1, -0.05) is 0 Å². The monoisotopic (exact) mass is 310 g/mol. The van der Waals surface area contributed by atoms with Crippen LogP contribution in [0.15, 0.2) is 11.2 Å². The quantitative estimate of drug-likeness (QED) is 0.644. The number of likely N-dealkylation sites (tertiary alicyclic amines) is 1. The van der Waals surface area contributed by atoms with Crippen molar-refractivity contribution >= 4 is 17.3 Å². The van der Waals surface area contributed by atoms with Crippen LogP contribution < -0.4 is 5.32 Å². The fourth-order valence-electron chi connectivity index (χ4n) is 2.58. The van der Waals surface area contributed by atoms with Gasteiger partial charge in [-0.2, -0.15) is 0 Å². The van der Waals surface area contributed by atoms with Gasteiger partial charge in [-0.3, -0.25) is 4.99 Å². The van der Waals surface area contributed by atoms with Crippen LogP contribution in [0.4, 0.5) is 0 Å². The first-order chi connectivity index (χ1) is 10.2. The van der Waals surface area contributed by atoms with Crippen LogP contribution in [0.5, 0.6) is 0 Å². The summed E-state index contributed by atoms with van der Waals surface area (Å²) in [5, 5.41) is 4.63. The maximum atomic E-state index is 5.53. The summed E-state index contributed by atoms with van der Waals surface area (Å²) in [6, 6.07) is 0. The molecule has 118 valence electrons. The molecule has 2 heterocycles. The summed E-state index contributed by atoms with van der Waals surface area (Å²) in [4.78, 5) is 12.4. The van der Waals surface area contributed by atoms with Crippen LogP contribution in [0.25, 0.3) is 0 Å². The minimum Gasteiger partial charge on any atom is -0.381 e. The maximum Gasteiger partial charge on any atom is 0.193 e. The summed E-state index contributed by atoms with van der Waals surface area (Å²) in [5.74, 6) is 1.63. The van der Waals surface area contributed by atoms with Crippen molar-refractivity contribution < 1.29 is 4.74 Å². The summed E-state index contributed by atoms with van der Waals surface area (Å²) >= 11 is 1.77. The molecule has 1 atom stereocenters. The number of rotatable bonds is 6. The SMILES string of the molecule is CCOCC1CCN(C(=NC)NCCc2ncc(C)s2)C1. The van der Waals surface area contributed by atoms with Crippen molar-refractivity contribution in [1.82, 2.24) is 15.2 Å². The van der Waals surface area contributed by atoms with Gasteiger partial charge < -0.3 is 15.0 Å². The molecule has 5 nitrogen and oxygen atoms in total. The summed E-state index contributed by atoms with van der Waals surface area (Å²) in [5.41, 5.74) is 0. The van der Waals surface area contributed by atoms with Crippen molar-refractivity contribution in [1.29, 1.82) is 0 Å². The summed E-state index contributed by atoms with van der Waals surface area (Å²) in [6.45, 7) is 8.79. The third-order valence-electron chi connectivity index (χ3n) is 3.65. The zero-order valence-corrected chi connectivity index (χ0v) is 14.1. The van der Waals surface area contributed by atoms with Gasteiger partial charge in [0.15, 0.2) is 5.96 Å². The second kappa shape index (κ2) is 8.34. The first-order valence-corrected chi connectivity index (χ1v) is 8.49. The van der Waals surface area contributed by atoms with Gasteiger partial charge in [-0.25, -0.2) is 4.98 Å². The lowest BCUT2D eigenvalue weighted by molar-refractivity contribution is 0.114. The van der Waals surface area contributed by atoms with E-state index in [1.54, 1.807) is 11.3 Å². The average molecular weight is 310 g/mol. The molecule has 1 saturated heterocycles. The van der Waals surface area contributed by atoms with Crippen molar-refractivity contribution in [2.45, 2.75) is 26.7 Å². The summed E-state index contributed by atoms with van der Waals surface area (Å²) in [6.07, 6.45) is 4.08. The molecule has 21 heavy (non-hydrogen) atoms. The number of aryl methyl sites for hydroxylation is 1. The molecule has 1 fully saturated rings. The fourth-order valence-corrected chi connectivity index (χ4v) is 3.36. The molecular weight excluding hydrogens is 284 g/mol. The van der Waals surface area contributed by atoms with E-state index in [4.69, 9.17) is 4.74 Å². The molecule has 0 aromatic carbocycles. The topological polar surface area (TPSA) is 49.8 Å². The van der Waals surface area contributed by atoms with E-state index in [9.17, 15) is 0 Å². The Balaban J connectivity index is 1.73. The summed E-state index contributed by atoms with van der Waals surface area (Å²) in [7, 11) is 1.85. The van der Waals surface area contributed by atoms with Gasteiger partial charge in [0.05, 0.1) is 11.6 Å². The van der Waals surface area contributed by atoms with Gasteiger partial charge >= 0.3 is 0 Å². The molecule has 2 rings (SSSR count). The smallest absolute Gasteiger partial charge is 0.193 e. The Bertz CT molecular complexity index is 460. The Hall–Kier alpha value is -1.14. The van der Waals surface area contributed by atoms with Crippen molar-refractivity contribution in [2.75, 3.05) is 39.9 Å². The minimum atomic E-state index is 0.630. The van der Waals surface area contributed by atoms with Gasteiger partial charge in [-0.15, -0.1) is 11.3 Å². The average Bonchev–Trinajstić information content (AvgIpc) is 3.10. The Morgan fingerprint density at radius 1 is 1.62 bits per heavy atom. The van der Waals surface area contributed by atoms with E-state index in [1.165, 1.54) is 16.3 Å². The molecule has 0 aliphatic carbocycles. The molecule has 0 spiro atoms. The number of hydrogen-bond donors (Lipinski definition) is 1. The van der Waals surface area contributed by atoms with E-state index in [0.717, 1.165) is 45.2 Å². The first-order valence-electron chi connectivity index (χ1n) is 7.67. The maximum absolute atomic E-state index is 5.53. The van der Waals surface area contributed by atoms with Crippen molar-refractivity contribution in [3.8, 4) is 0 Å². The third-order valence-corrected chi connectivity index (χ3v) is 4.62. The Morgan fingerprint density at radius 3 is 3.14 bits per heavy atom. The number of aromatic nitrogens is 1. The van der Waals surface area contributed by atoms with Gasteiger partial charge in [0.2, 0.25) is 0 Å². The lowest BCUT2D eigenvalue weighted by Crippen LogP contribution is -2.41. The molecule has 0 radical (unpaired) electrons. The molecule has 1 aliphatic rings. The Kier molecular flexibility index (Phi) is 6.45. The van der Waals surface area contributed by atoms with Crippen LogP contribution in [-0.4, -0.2) is 55.7 Å². The molecule has 1 aromatic rings. The molecular formula is C15H26N4OS. The molecule has 1 unspecified atom stereocenters. The highest BCUT2D eigenvalue weighted by molar-refractivity contribution is 7.11. The van der Waals surface area contributed by atoms with E-state index in [0.29, 0.717) is 5.92 Å². The van der Waals surface area contributed by atoms with E-state index >= 15 is 0 Å². The highest BCUT2D eigenvalue weighted by Gasteiger charge is 2.24. The van der Waals surface area contributed by atoms with Crippen molar-refractivity contribution in [3.63, 3.8) is 0 Å². The standard InChI is InChI=1S/C15H26N4OS/c1-4-20-11-13-6-8-19(10-13)15(16-3)17-7-5-14-18-9-12(2)21-14/h9,13H,4-8,10-11H2,1-3H3,(H,16,17). The number of thiazole rings is 1. The number of nitrogens with zero attached hydrogens (tertiary/aromatic N) is 3. The minimum absolute atomic E-state index is 0.630. The molecule has 1 aromatic heterocycles. The molecule has 0 bridgehead atoms. The van der Waals surface area contributed by atoms with E-state index in [2.05, 4.69) is 27.1 Å². The predicted octanol–water partition coefficient (Wildman–Crippen LogP) is 1.93. The van der Waals surface area contributed by atoms with Gasteiger partial charge in [0, 0.05) is 56.7 Å². The highest BCUT2D eigenvalue weighted by atomic mass is 32.1. The molecule has 6 heteroatoms. The lowest BCUT2D eigenvalue weighted by atomic mass is 10.1. The number of ether oxygens (including phenoxy) is 1. The van der Waals surface area contributed by atoms with E-state index in [1.807, 2.05) is 20.2 Å². The van der Waals surface area contributed by atoms with Crippen molar-refractivity contribution in [3.05, 3.63) is 16.1 Å². The van der Waals surface area contributed by atoms with Crippen LogP contribution in [0.1, 0.15) is 23.2 Å². The van der Waals surface area contributed by atoms with Crippen LogP contribution >= 0.6 is 11.3 Å². The second-order valence-electron chi connectivity index (χ2n) is 5.35. The summed E-state index contributed by atoms with van der Waals surface area (Å²) < 4.78 is 5.53. The van der Waals surface area contributed by atoms with Gasteiger partial charge in [0.1, 0.15) is 0 Å². The highest BCUT2D eigenvalue weighted by Crippen LogP contribution is 2.16. The lowest BCUT2D eigenvalue weighted by Gasteiger charge is -2.21. The molecule has 1 aliphatic heterocycles. The molecule has 1 N–H and O–H groups in total. The van der Waals surface area contributed by atoms with Crippen LogP contribution in [-0.2, 0) is 11.2 Å². The number of guanidine groups is 1. The first kappa shape index (κ1) is 16.2. The van der Waals surface area contributed by atoms with Crippen LogP contribution in [0.2, 0.25) is 0 Å². The van der Waals surface area contributed by atoms with Crippen LogP contribution in [0, 0.1) is 12.8 Å². The molecule has 0 saturated carbocycles. The second-order valence-corrected chi connectivity index (χ2v) is 6.67. The Morgan fingerprint density at radius 2 is 2.48 bits per heavy atom. The zero-order valence-electron chi connectivity index (χ0n) is 13.3. The van der Waals surface area contributed by atoms with Crippen molar-refractivity contribution in [2.24, 2.45) is 10.9 Å². The van der Waals surface area contributed by atoms with E-state index in [-0.39, 0.29) is 0 Å². The molecule has 0 amide bonds. The largest absolute Gasteiger partial charge is 0.381 e. The van der Waals surface area contributed by atoms with Gasteiger partial charge in [-0.05, 0) is 20.3 Å². The predicted molar refractivity (Wildman–Crippen MR) is 88.1 cm³/mol. The number of hydrogen-bond acceptors (Lipinski definition) is 4. The number of aliphatic imine (C=N–C) groups is 1. The normalized spacial score (nSPS) is 19.3. The van der Waals surface area contributed by atoms with Crippen LogP contribution in [0.3, 0.4) is 0 Å². The van der Waals surface area contributed by atoms with E-state index < -0.39 is 0 Å². The zero-order chi connectivity index (χ0) is 15.1. The Labute approximate surface area is 131 Å².